The van der Waals surface area contributed by atoms with E-state index in [9.17, 15) is 0 Å². The van der Waals surface area contributed by atoms with Gasteiger partial charge in [0.15, 0.2) is 0 Å². The Labute approximate surface area is 307 Å². The second-order valence-electron chi connectivity index (χ2n) is 13.7. The van der Waals surface area contributed by atoms with Crippen molar-refractivity contribution in [1.29, 1.82) is 0 Å². The zero-order chi connectivity index (χ0) is 33.9. The average Bonchev–Trinajstić information content (AvgIpc) is 3.69. The molecule has 0 saturated carbocycles. The Morgan fingerprint density at radius 1 is 0.510 bits per heavy atom. The van der Waals surface area contributed by atoms with Crippen molar-refractivity contribution in [2.45, 2.75) is 18.3 Å². The number of aromatic nitrogens is 1. The molecule has 0 fully saturated rings. The first-order valence-corrected chi connectivity index (χ1v) is 18.6. The van der Waals surface area contributed by atoms with E-state index in [1.54, 1.807) is 0 Å². The lowest BCUT2D eigenvalue weighted by Crippen LogP contribution is -2.28. The molecule has 2 aliphatic carbocycles. The molecule has 1 nitrogen and oxygen atoms in total. The number of allylic oxidation sites excluding steroid dienone is 1. The first-order valence-electron chi connectivity index (χ1n) is 17.8. The van der Waals surface area contributed by atoms with Crippen LogP contribution < -0.4 is 0 Å². The predicted octanol–water partition coefficient (Wildman–Crippen LogP) is 13.0. The molecule has 0 aliphatic heterocycles. The maximum atomic E-state index is 3.76. The van der Waals surface area contributed by atoms with E-state index in [0.717, 1.165) is 17.3 Å². The van der Waals surface area contributed by atoms with Crippen LogP contribution in [0.15, 0.2) is 180 Å². The predicted molar refractivity (Wildman–Crippen MR) is 217 cm³/mol. The molecule has 51 heavy (non-hydrogen) atoms. The number of hydrogen-bond donors (Lipinski definition) is 0. The lowest BCUT2D eigenvalue weighted by molar-refractivity contribution is 0.766. The normalized spacial score (nSPS) is 13.9. The molecular formula is C49H34BrN. The summed E-state index contributed by atoms with van der Waals surface area (Å²) in [6.07, 6.45) is 6.73. The lowest BCUT2D eigenvalue weighted by atomic mass is 9.67. The second kappa shape index (κ2) is 12.0. The minimum atomic E-state index is -0.431. The van der Waals surface area contributed by atoms with Gasteiger partial charge in [0.1, 0.15) is 0 Å². The van der Waals surface area contributed by atoms with Crippen LogP contribution >= 0.6 is 15.9 Å². The summed E-state index contributed by atoms with van der Waals surface area (Å²) < 4.78 is 3.65. The van der Waals surface area contributed by atoms with E-state index in [0.29, 0.717) is 0 Å². The van der Waals surface area contributed by atoms with Crippen molar-refractivity contribution in [1.82, 2.24) is 4.57 Å². The molecule has 1 heterocycles. The van der Waals surface area contributed by atoms with Gasteiger partial charge in [-0.2, -0.15) is 0 Å². The van der Waals surface area contributed by atoms with Crippen molar-refractivity contribution in [2.75, 3.05) is 0 Å². The zero-order valence-electron chi connectivity index (χ0n) is 28.1. The average molecular weight is 717 g/mol. The Bertz CT molecular complexity index is 2600. The fourth-order valence-electron chi connectivity index (χ4n) is 8.83. The molecule has 0 atom stereocenters. The lowest BCUT2D eigenvalue weighted by Gasteiger charge is -2.34. The maximum Gasteiger partial charge on any atom is 0.0714 e. The highest BCUT2D eigenvalue weighted by atomic mass is 79.9. The van der Waals surface area contributed by atoms with Crippen molar-refractivity contribution in [3.05, 3.63) is 214 Å². The van der Waals surface area contributed by atoms with E-state index in [1.165, 1.54) is 83.5 Å². The first-order chi connectivity index (χ1) is 25.2. The third-order valence-corrected chi connectivity index (χ3v) is 11.7. The van der Waals surface area contributed by atoms with E-state index in [4.69, 9.17) is 0 Å². The number of hydrogen-bond acceptors (Lipinski definition) is 0. The summed E-state index contributed by atoms with van der Waals surface area (Å²) in [6, 6.07) is 62.8. The Kier molecular flexibility index (Phi) is 7.08. The van der Waals surface area contributed by atoms with Gasteiger partial charge in [-0.3, -0.25) is 0 Å². The van der Waals surface area contributed by atoms with Gasteiger partial charge in [-0.15, -0.1) is 0 Å². The van der Waals surface area contributed by atoms with Gasteiger partial charge in [0, 0.05) is 26.8 Å². The summed E-state index contributed by atoms with van der Waals surface area (Å²) in [5, 5.41) is 1.30. The molecule has 10 rings (SSSR count). The van der Waals surface area contributed by atoms with Gasteiger partial charge in [0.05, 0.1) is 10.9 Å². The number of fused-ring (bicyclic) bond motifs is 6. The summed E-state index contributed by atoms with van der Waals surface area (Å²) in [6.45, 7) is 0. The third kappa shape index (κ3) is 4.60. The maximum absolute atomic E-state index is 3.76. The Balaban J connectivity index is 1.18. The summed E-state index contributed by atoms with van der Waals surface area (Å²) in [4.78, 5) is 0. The topological polar surface area (TPSA) is 4.93 Å². The number of benzene rings is 7. The largest absolute Gasteiger partial charge is 0.313 e. The van der Waals surface area contributed by atoms with Crippen LogP contribution in [-0.4, -0.2) is 4.57 Å². The van der Waals surface area contributed by atoms with Crippen molar-refractivity contribution in [3.8, 4) is 39.1 Å². The molecule has 0 N–H and O–H groups in total. The summed E-state index contributed by atoms with van der Waals surface area (Å²) in [5.74, 6) is 0. The summed E-state index contributed by atoms with van der Waals surface area (Å²) >= 11 is 3.76. The number of halogens is 1. The molecular weight excluding hydrogens is 682 g/mol. The molecule has 8 aromatic rings. The molecule has 0 bridgehead atoms. The molecule has 0 saturated heterocycles. The van der Waals surface area contributed by atoms with Gasteiger partial charge in [-0.05, 0) is 105 Å². The Morgan fingerprint density at radius 3 is 1.96 bits per heavy atom. The molecule has 2 heteroatoms. The minimum Gasteiger partial charge on any atom is -0.313 e. The van der Waals surface area contributed by atoms with Gasteiger partial charge < -0.3 is 4.57 Å². The Morgan fingerprint density at radius 2 is 1.18 bits per heavy atom. The summed E-state index contributed by atoms with van der Waals surface area (Å²) in [5.41, 5.74) is 17.5. The van der Waals surface area contributed by atoms with Gasteiger partial charge >= 0.3 is 0 Å². The third-order valence-electron chi connectivity index (χ3n) is 11.0. The van der Waals surface area contributed by atoms with Crippen LogP contribution in [0.1, 0.15) is 39.9 Å². The molecule has 0 spiro atoms. The van der Waals surface area contributed by atoms with Crippen LogP contribution in [0.4, 0.5) is 0 Å². The quantitative estimate of drug-likeness (QED) is 0.167. The SMILES string of the molecule is Brc1ccccc1-c1cccc(-c2ccc3c(c2)c2c(n3-c3ccc4c(c3)C(c3ccccc3)(c3ccccc3)c3ccccc3-4)CCC=C2)c1. The molecule has 7 aromatic carbocycles. The number of rotatable bonds is 5. The van der Waals surface area contributed by atoms with E-state index in [-0.39, 0.29) is 0 Å². The highest BCUT2D eigenvalue weighted by Gasteiger charge is 2.46. The van der Waals surface area contributed by atoms with Crippen LogP contribution in [0.3, 0.4) is 0 Å². The van der Waals surface area contributed by atoms with Crippen molar-refractivity contribution >= 4 is 32.9 Å². The molecule has 0 radical (unpaired) electrons. The zero-order valence-corrected chi connectivity index (χ0v) is 29.6. The van der Waals surface area contributed by atoms with Gasteiger partial charge in [-0.1, -0.05) is 162 Å². The van der Waals surface area contributed by atoms with Crippen LogP contribution in [0, 0.1) is 0 Å². The minimum absolute atomic E-state index is 0.431. The van der Waals surface area contributed by atoms with Crippen LogP contribution in [-0.2, 0) is 11.8 Å². The van der Waals surface area contributed by atoms with Crippen LogP contribution in [0.25, 0.3) is 56.0 Å². The molecule has 0 amide bonds. The van der Waals surface area contributed by atoms with Crippen molar-refractivity contribution < 1.29 is 0 Å². The first kappa shape index (κ1) is 30.2. The second-order valence-corrected chi connectivity index (χ2v) is 14.5. The van der Waals surface area contributed by atoms with Crippen molar-refractivity contribution in [2.24, 2.45) is 0 Å². The monoisotopic (exact) mass is 715 g/mol. The van der Waals surface area contributed by atoms with Gasteiger partial charge in [0.25, 0.3) is 0 Å². The fourth-order valence-corrected chi connectivity index (χ4v) is 9.34. The van der Waals surface area contributed by atoms with Crippen LogP contribution in [0.5, 0.6) is 0 Å². The smallest absolute Gasteiger partial charge is 0.0714 e. The van der Waals surface area contributed by atoms with E-state index < -0.39 is 5.41 Å². The molecule has 1 aromatic heterocycles. The van der Waals surface area contributed by atoms with Crippen LogP contribution in [0.2, 0.25) is 0 Å². The fraction of sp³-hybridized carbons (Fsp3) is 0.0612. The number of nitrogens with zero attached hydrogens (tertiary/aromatic N) is 1. The van der Waals surface area contributed by atoms with E-state index >= 15 is 0 Å². The molecule has 0 unspecified atom stereocenters. The highest BCUT2D eigenvalue weighted by Crippen LogP contribution is 2.56. The highest BCUT2D eigenvalue weighted by molar-refractivity contribution is 9.10. The van der Waals surface area contributed by atoms with Gasteiger partial charge in [0.2, 0.25) is 0 Å². The van der Waals surface area contributed by atoms with Gasteiger partial charge in [-0.25, -0.2) is 0 Å². The standard InChI is InChI=1S/C49H34BrN/c50-46-24-11-8-20-39(46)35-15-13-14-33(30-35)34-26-29-48-43(31-34)42-22-9-12-25-47(42)51(48)38-27-28-41-40-21-7-10-23-44(40)49(45(41)32-38,36-16-3-1-4-17-36)37-18-5-2-6-19-37/h1-11,13-24,26-32H,12,25H2. The molecule has 2 aliphatic rings. The Hall–Kier alpha value is -5.70. The van der Waals surface area contributed by atoms with E-state index in [2.05, 4.69) is 203 Å². The van der Waals surface area contributed by atoms with E-state index in [1.807, 2.05) is 0 Å². The summed E-state index contributed by atoms with van der Waals surface area (Å²) in [7, 11) is 0. The molecule has 242 valence electrons. The van der Waals surface area contributed by atoms with Crippen molar-refractivity contribution in [3.63, 3.8) is 0 Å².